The highest BCUT2D eigenvalue weighted by atomic mass is 16.1. The number of rotatable bonds is 6. The summed E-state index contributed by atoms with van der Waals surface area (Å²) < 4.78 is 0. The maximum absolute atomic E-state index is 10.4. The summed E-state index contributed by atoms with van der Waals surface area (Å²) in [5.41, 5.74) is 3.34. The Bertz CT molecular complexity index is 454. The summed E-state index contributed by atoms with van der Waals surface area (Å²) in [6, 6.07) is 8.18. The molecule has 0 aromatic heterocycles. The predicted octanol–water partition coefficient (Wildman–Crippen LogP) is 3.64. The maximum Gasteiger partial charge on any atom is 0.207 e. The van der Waals surface area contributed by atoms with Crippen LogP contribution in [0.4, 0.5) is 0 Å². The molecule has 0 aliphatic rings. The second kappa shape index (κ2) is 7.28. The van der Waals surface area contributed by atoms with Gasteiger partial charge in [0.15, 0.2) is 0 Å². The van der Waals surface area contributed by atoms with Crippen molar-refractivity contribution >= 4 is 12.0 Å². The molecule has 2 heteroatoms. The fourth-order valence-corrected chi connectivity index (χ4v) is 1.72. The first-order chi connectivity index (χ1) is 8.72. The Labute approximate surface area is 109 Å². The van der Waals surface area contributed by atoms with Crippen molar-refractivity contribution in [2.24, 2.45) is 0 Å². The van der Waals surface area contributed by atoms with Gasteiger partial charge in [-0.2, -0.15) is 0 Å². The number of benzene rings is 1. The quantitative estimate of drug-likeness (QED) is 0.598. The van der Waals surface area contributed by atoms with E-state index in [1.54, 1.807) is 6.08 Å². The summed E-state index contributed by atoms with van der Waals surface area (Å²) in [6.07, 6.45) is 8.52. The predicted molar refractivity (Wildman–Crippen MR) is 77.0 cm³/mol. The van der Waals surface area contributed by atoms with Crippen LogP contribution in [0, 0.1) is 0 Å². The number of carbonyl (C=O) groups is 1. The molecule has 1 aromatic rings. The lowest BCUT2D eigenvalue weighted by Gasteiger charge is -2.11. The van der Waals surface area contributed by atoms with Gasteiger partial charge in [-0.15, -0.1) is 0 Å². The standard InChI is InChI=1S/C16H19NO/c1-4-6-15(7-5-2)16-10-8-14(9-11-16)13(3)17-12-18/h4-13H,1H2,2-3H3,(H,17,18)/b7-5-,15-6+. The lowest BCUT2D eigenvalue weighted by Crippen LogP contribution is -2.15. The average molecular weight is 241 g/mol. The lowest BCUT2D eigenvalue weighted by molar-refractivity contribution is -0.110. The van der Waals surface area contributed by atoms with Crippen molar-refractivity contribution in [3.63, 3.8) is 0 Å². The minimum absolute atomic E-state index is 0.0325. The highest BCUT2D eigenvalue weighted by Crippen LogP contribution is 2.19. The van der Waals surface area contributed by atoms with Crippen molar-refractivity contribution in [2.45, 2.75) is 19.9 Å². The van der Waals surface area contributed by atoms with E-state index in [2.05, 4.69) is 11.9 Å². The number of allylic oxidation sites excluding steroid dienone is 5. The van der Waals surface area contributed by atoms with Crippen LogP contribution in [-0.2, 0) is 4.79 Å². The first kappa shape index (κ1) is 14.0. The summed E-state index contributed by atoms with van der Waals surface area (Å²) in [5, 5.41) is 2.74. The third kappa shape index (κ3) is 3.74. The van der Waals surface area contributed by atoms with Crippen molar-refractivity contribution in [1.82, 2.24) is 5.32 Å². The fourth-order valence-electron chi connectivity index (χ4n) is 1.72. The summed E-state index contributed by atoms with van der Waals surface area (Å²) in [7, 11) is 0. The Balaban J connectivity index is 2.97. The van der Waals surface area contributed by atoms with Gasteiger partial charge in [0, 0.05) is 0 Å². The monoisotopic (exact) mass is 241 g/mol. The van der Waals surface area contributed by atoms with Gasteiger partial charge >= 0.3 is 0 Å². The van der Waals surface area contributed by atoms with Crippen molar-refractivity contribution in [2.75, 3.05) is 0 Å². The number of amides is 1. The lowest BCUT2D eigenvalue weighted by atomic mass is 10.0. The molecule has 18 heavy (non-hydrogen) atoms. The van der Waals surface area contributed by atoms with Gasteiger partial charge in [-0.3, -0.25) is 4.79 Å². The van der Waals surface area contributed by atoms with Crippen molar-refractivity contribution in [1.29, 1.82) is 0 Å². The first-order valence-corrected chi connectivity index (χ1v) is 5.98. The van der Waals surface area contributed by atoms with E-state index >= 15 is 0 Å². The van der Waals surface area contributed by atoms with E-state index in [0.717, 1.165) is 23.1 Å². The summed E-state index contributed by atoms with van der Waals surface area (Å²) in [6.45, 7) is 7.66. The van der Waals surface area contributed by atoms with Crippen LogP contribution in [0.5, 0.6) is 0 Å². The molecule has 1 N–H and O–H groups in total. The summed E-state index contributed by atoms with van der Waals surface area (Å²) in [4.78, 5) is 10.4. The zero-order valence-electron chi connectivity index (χ0n) is 10.9. The minimum Gasteiger partial charge on any atom is -0.352 e. The number of nitrogens with one attached hydrogen (secondary N) is 1. The normalized spacial score (nSPS) is 13.3. The fraction of sp³-hybridized carbons (Fsp3) is 0.188. The Morgan fingerprint density at radius 3 is 2.50 bits per heavy atom. The molecular formula is C16H19NO. The smallest absolute Gasteiger partial charge is 0.207 e. The van der Waals surface area contributed by atoms with E-state index in [9.17, 15) is 4.79 Å². The Morgan fingerprint density at radius 1 is 1.33 bits per heavy atom. The van der Waals surface area contributed by atoms with Gasteiger partial charge < -0.3 is 5.32 Å². The zero-order valence-corrected chi connectivity index (χ0v) is 10.9. The molecule has 0 saturated carbocycles. The molecule has 0 aliphatic carbocycles. The first-order valence-electron chi connectivity index (χ1n) is 5.98. The topological polar surface area (TPSA) is 29.1 Å². The van der Waals surface area contributed by atoms with Gasteiger partial charge in [0.1, 0.15) is 0 Å². The van der Waals surface area contributed by atoms with E-state index in [0.29, 0.717) is 0 Å². The molecule has 1 amide bonds. The van der Waals surface area contributed by atoms with Crippen LogP contribution >= 0.6 is 0 Å². The third-order valence-corrected chi connectivity index (χ3v) is 2.71. The molecule has 1 atom stereocenters. The molecular weight excluding hydrogens is 222 g/mol. The van der Waals surface area contributed by atoms with E-state index in [1.807, 2.05) is 56.3 Å². The van der Waals surface area contributed by atoms with E-state index < -0.39 is 0 Å². The van der Waals surface area contributed by atoms with Crippen molar-refractivity contribution in [3.05, 3.63) is 66.3 Å². The van der Waals surface area contributed by atoms with E-state index in [1.165, 1.54) is 0 Å². The van der Waals surface area contributed by atoms with Crippen LogP contribution in [0.3, 0.4) is 0 Å². The molecule has 0 spiro atoms. The molecule has 0 aliphatic heterocycles. The molecule has 2 nitrogen and oxygen atoms in total. The summed E-state index contributed by atoms with van der Waals surface area (Å²) >= 11 is 0. The number of carbonyl (C=O) groups excluding carboxylic acids is 1. The molecule has 1 aromatic carbocycles. The molecule has 0 fully saturated rings. The largest absolute Gasteiger partial charge is 0.352 e. The van der Waals surface area contributed by atoms with Crippen LogP contribution in [0.2, 0.25) is 0 Å². The van der Waals surface area contributed by atoms with Gasteiger partial charge in [0.05, 0.1) is 6.04 Å². The number of hydrogen-bond acceptors (Lipinski definition) is 1. The van der Waals surface area contributed by atoms with Crippen LogP contribution in [0.15, 0.2) is 55.1 Å². The molecule has 94 valence electrons. The van der Waals surface area contributed by atoms with Gasteiger partial charge in [0.25, 0.3) is 0 Å². The van der Waals surface area contributed by atoms with Crippen molar-refractivity contribution < 1.29 is 4.79 Å². The maximum atomic E-state index is 10.4. The van der Waals surface area contributed by atoms with Crippen LogP contribution in [0.1, 0.15) is 31.0 Å². The molecule has 0 radical (unpaired) electrons. The average Bonchev–Trinajstić information content (AvgIpc) is 2.39. The van der Waals surface area contributed by atoms with Crippen LogP contribution < -0.4 is 5.32 Å². The summed E-state index contributed by atoms with van der Waals surface area (Å²) in [5.74, 6) is 0. The Morgan fingerprint density at radius 2 is 2.00 bits per heavy atom. The van der Waals surface area contributed by atoms with Gasteiger partial charge in [0.2, 0.25) is 6.41 Å². The van der Waals surface area contributed by atoms with Gasteiger partial charge in [-0.1, -0.05) is 55.1 Å². The second-order valence-corrected chi connectivity index (χ2v) is 3.99. The van der Waals surface area contributed by atoms with E-state index in [-0.39, 0.29) is 6.04 Å². The minimum atomic E-state index is 0.0325. The Kier molecular flexibility index (Phi) is 5.65. The zero-order chi connectivity index (χ0) is 13.4. The van der Waals surface area contributed by atoms with Gasteiger partial charge in [-0.25, -0.2) is 0 Å². The van der Waals surface area contributed by atoms with E-state index in [4.69, 9.17) is 0 Å². The highest BCUT2D eigenvalue weighted by molar-refractivity contribution is 5.75. The molecule has 0 bridgehead atoms. The van der Waals surface area contributed by atoms with Crippen molar-refractivity contribution in [3.8, 4) is 0 Å². The second-order valence-electron chi connectivity index (χ2n) is 3.99. The SMILES string of the molecule is C=C/C=C(\C=C/C)c1ccc(C(C)NC=O)cc1. The molecule has 1 unspecified atom stereocenters. The van der Waals surface area contributed by atoms with Gasteiger partial charge in [-0.05, 0) is 30.5 Å². The molecule has 0 saturated heterocycles. The number of hydrogen-bond donors (Lipinski definition) is 1. The van der Waals surface area contributed by atoms with Crippen LogP contribution in [-0.4, -0.2) is 6.41 Å². The molecule has 0 heterocycles. The van der Waals surface area contributed by atoms with Crippen LogP contribution in [0.25, 0.3) is 5.57 Å². The third-order valence-electron chi connectivity index (χ3n) is 2.71. The highest BCUT2D eigenvalue weighted by Gasteiger charge is 2.04. The molecule has 1 rings (SSSR count). The Hall–Kier alpha value is -2.09.